The van der Waals surface area contributed by atoms with Gasteiger partial charge in [-0.1, -0.05) is 55.5 Å². The fraction of sp³-hybridized carbons (Fsp3) is 0.368. The van der Waals surface area contributed by atoms with E-state index in [9.17, 15) is 0 Å². The summed E-state index contributed by atoms with van der Waals surface area (Å²) in [5.41, 5.74) is 6.28. The molecule has 0 bridgehead atoms. The number of hydrogen-bond donors (Lipinski definition) is 0. The lowest BCUT2D eigenvalue weighted by molar-refractivity contribution is 0.343. The van der Waals surface area contributed by atoms with E-state index < -0.39 is 0 Å². The SMILES string of the molecule is CC1C(c2ccccc2)=CC2C3=CCC=C3CCC12. The minimum Gasteiger partial charge on any atom is -0.0772 e. The van der Waals surface area contributed by atoms with Crippen molar-refractivity contribution in [3.05, 3.63) is 65.3 Å². The Balaban J connectivity index is 1.75. The predicted molar refractivity (Wildman–Crippen MR) is 80.6 cm³/mol. The Labute approximate surface area is 115 Å². The summed E-state index contributed by atoms with van der Waals surface area (Å²) in [6.45, 7) is 2.42. The second kappa shape index (κ2) is 4.23. The van der Waals surface area contributed by atoms with Gasteiger partial charge in [-0.3, -0.25) is 0 Å². The van der Waals surface area contributed by atoms with Crippen LogP contribution in [0.15, 0.2) is 59.7 Å². The van der Waals surface area contributed by atoms with E-state index in [0.717, 1.165) is 12.3 Å². The molecule has 0 spiro atoms. The molecule has 0 heteroatoms. The first-order valence-electron chi connectivity index (χ1n) is 7.51. The topological polar surface area (TPSA) is 0 Å². The normalized spacial score (nSPS) is 32.3. The Kier molecular flexibility index (Phi) is 2.51. The first-order chi connectivity index (χ1) is 9.34. The number of rotatable bonds is 1. The van der Waals surface area contributed by atoms with Crippen molar-refractivity contribution in [3.63, 3.8) is 0 Å². The Bertz CT molecular complexity index is 586. The van der Waals surface area contributed by atoms with E-state index in [1.807, 2.05) is 0 Å². The zero-order valence-electron chi connectivity index (χ0n) is 11.5. The maximum Gasteiger partial charge on any atom is 0.00578 e. The maximum absolute atomic E-state index is 2.56. The maximum atomic E-state index is 2.56. The third-order valence-corrected chi connectivity index (χ3v) is 5.24. The summed E-state index contributed by atoms with van der Waals surface area (Å²) in [4.78, 5) is 0. The number of allylic oxidation sites excluding steroid dienone is 6. The summed E-state index contributed by atoms with van der Waals surface area (Å²) in [6.07, 6.45) is 11.3. The van der Waals surface area contributed by atoms with Gasteiger partial charge in [-0.15, -0.1) is 0 Å². The summed E-state index contributed by atoms with van der Waals surface area (Å²) in [5, 5.41) is 0. The average Bonchev–Trinajstić information content (AvgIpc) is 3.04. The number of benzene rings is 1. The first kappa shape index (κ1) is 11.3. The van der Waals surface area contributed by atoms with Crippen molar-refractivity contribution in [3.8, 4) is 0 Å². The summed E-state index contributed by atoms with van der Waals surface area (Å²) >= 11 is 0. The molecular weight excluding hydrogens is 228 g/mol. The Morgan fingerprint density at radius 2 is 1.84 bits per heavy atom. The van der Waals surface area contributed by atoms with Crippen molar-refractivity contribution < 1.29 is 0 Å². The van der Waals surface area contributed by atoms with Crippen molar-refractivity contribution >= 4 is 5.57 Å². The summed E-state index contributed by atoms with van der Waals surface area (Å²) in [7, 11) is 0. The third kappa shape index (κ3) is 1.66. The zero-order chi connectivity index (χ0) is 12.8. The number of fused-ring (bicyclic) bond motifs is 3. The van der Waals surface area contributed by atoms with Gasteiger partial charge in [-0.25, -0.2) is 0 Å². The molecule has 3 unspecified atom stereocenters. The van der Waals surface area contributed by atoms with Crippen molar-refractivity contribution in [2.24, 2.45) is 17.8 Å². The molecule has 1 fully saturated rings. The van der Waals surface area contributed by atoms with Gasteiger partial charge in [0.15, 0.2) is 0 Å². The van der Waals surface area contributed by atoms with E-state index in [4.69, 9.17) is 0 Å². The standard InChI is InChI=1S/C19H20/c1-13-16-11-10-15-8-5-9-17(15)19(16)12-18(13)14-6-3-2-4-7-14/h2-4,6-9,12-13,16,19H,5,10-11H2,1H3. The van der Waals surface area contributed by atoms with Crippen LogP contribution in [0.3, 0.4) is 0 Å². The van der Waals surface area contributed by atoms with Gasteiger partial charge >= 0.3 is 0 Å². The monoisotopic (exact) mass is 248 g/mol. The van der Waals surface area contributed by atoms with Gasteiger partial charge in [0, 0.05) is 5.92 Å². The first-order valence-corrected chi connectivity index (χ1v) is 7.51. The minimum absolute atomic E-state index is 0.688. The van der Waals surface area contributed by atoms with Crippen LogP contribution in [0, 0.1) is 17.8 Å². The molecular formula is C19H20. The smallest absolute Gasteiger partial charge is 0.00578 e. The molecule has 1 aromatic rings. The fourth-order valence-electron chi connectivity index (χ4n) is 4.25. The van der Waals surface area contributed by atoms with Crippen LogP contribution in [-0.2, 0) is 0 Å². The molecule has 3 aliphatic rings. The summed E-state index contributed by atoms with van der Waals surface area (Å²) in [5.74, 6) is 2.22. The minimum atomic E-state index is 0.688. The quantitative estimate of drug-likeness (QED) is 0.656. The van der Waals surface area contributed by atoms with Gasteiger partial charge in [-0.05, 0) is 53.4 Å². The average molecular weight is 248 g/mol. The third-order valence-electron chi connectivity index (χ3n) is 5.24. The highest BCUT2D eigenvalue weighted by atomic mass is 14.4. The molecule has 0 heterocycles. The van der Waals surface area contributed by atoms with E-state index in [2.05, 4.69) is 55.5 Å². The van der Waals surface area contributed by atoms with Crippen LogP contribution in [0.2, 0.25) is 0 Å². The molecule has 4 rings (SSSR count). The molecule has 0 aliphatic heterocycles. The second-order valence-corrected chi connectivity index (χ2v) is 6.13. The van der Waals surface area contributed by atoms with Gasteiger partial charge in [0.05, 0.1) is 0 Å². The second-order valence-electron chi connectivity index (χ2n) is 6.13. The van der Waals surface area contributed by atoms with Crippen LogP contribution in [0.1, 0.15) is 31.7 Å². The molecule has 0 amide bonds. The molecule has 19 heavy (non-hydrogen) atoms. The van der Waals surface area contributed by atoms with Crippen LogP contribution in [-0.4, -0.2) is 0 Å². The van der Waals surface area contributed by atoms with E-state index in [1.54, 1.807) is 16.7 Å². The van der Waals surface area contributed by atoms with E-state index in [1.165, 1.54) is 18.4 Å². The Hall–Kier alpha value is -1.56. The molecule has 0 radical (unpaired) electrons. The molecule has 96 valence electrons. The molecule has 3 aliphatic carbocycles. The molecule has 1 aromatic carbocycles. The van der Waals surface area contributed by atoms with Gasteiger partial charge in [0.1, 0.15) is 0 Å². The van der Waals surface area contributed by atoms with Crippen molar-refractivity contribution in [2.75, 3.05) is 0 Å². The van der Waals surface area contributed by atoms with Crippen molar-refractivity contribution in [1.29, 1.82) is 0 Å². The Morgan fingerprint density at radius 3 is 2.68 bits per heavy atom. The predicted octanol–water partition coefficient (Wildman–Crippen LogP) is 5.00. The van der Waals surface area contributed by atoms with Crippen molar-refractivity contribution in [1.82, 2.24) is 0 Å². The van der Waals surface area contributed by atoms with Crippen molar-refractivity contribution in [2.45, 2.75) is 26.2 Å². The van der Waals surface area contributed by atoms with Gasteiger partial charge in [-0.2, -0.15) is 0 Å². The molecule has 0 nitrogen and oxygen atoms in total. The number of hydrogen-bond acceptors (Lipinski definition) is 0. The lowest BCUT2D eigenvalue weighted by Gasteiger charge is -2.31. The molecule has 3 atom stereocenters. The highest BCUT2D eigenvalue weighted by Gasteiger charge is 2.40. The largest absolute Gasteiger partial charge is 0.0772 e. The molecule has 0 aromatic heterocycles. The highest BCUT2D eigenvalue weighted by Crippen LogP contribution is 2.52. The molecule has 0 saturated heterocycles. The zero-order valence-corrected chi connectivity index (χ0v) is 11.5. The van der Waals surface area contributed by atoms with Crippen LogP contribution < -0.4 is 0 Å². The van der Waals surface area contributed by atoms with Crippen LogP contribution in [0.4, 0.5) is 0 Å². The van der Waals surface area contributed by atoms with Crippen LogP contribution in [0.5, 0.6) is 0 Å². The van der Waals surface area contributed by atoms with Gasteiger partial charge in [0.2, 0.25) is 0 Å². The Morgan fingerprint density at radius 1 is 1.00 bits per heavy atom. The van der Waals surface area contributed by atoms with E-state index >= 15 is 0 Å². The van der Waals surface area contributed by atoms with Gasteiger partial charge < -0.3 is 0 Å². The lowest BCUT2D eigenvalue weighted by atomic mass is 9.73. The van der Waals surface area contributed by atoms with E-state index in [0.29, 0.717) is 11.8 Å². The highest BCUT2D eigenvalue weighted by molar-refractivity contribution is 5.71. The van der Waals surface area contributed by atoms with E-state index in [-0.39, 0.29) is 0 Å². The lowest BCUT2D eigenvalue weighted by Crippen LogP contribution is -2.21. The van der Waals surface area contributed by atoms with Gasteiger partial charge in [0.25, 0.3) is 0 Å². The van der Waals surface area contributed by atoms with Crippen LogP contribution >= 0.6 is 0 Å². The molecule has 1 saturated carbocycles. The fourth-order valence-corrected chi connectivity index (χ4v) is 4.25. The summed E-state index contributed by atoms with van der Waals surface area (Å²) < 4.78 is 0. The molecule has 0 N–H and O–H groups in total. The van der Waals surface area contributed by atoms with Crippen LogP contribution in [0.25, 0.3) is 5.57 Å². The summed E-state index contributed by atoms with van der Waals surface area (Å²) in [6, 6.07) is 11.0.